The quantitative estimate of drug-likeness (QED) is 0.415. The molecule has 10 heavy (non-hydrogen) atoms. The van der Waals surface area contributed by atoms with E-state index >= 15 is 0 Å². The van der Waals surface area contributed by atoms with Crippen LogP contribution in [-0.2, 0) is 19.3 Å². The van der Waals surface area contributed by atoms with Crippen LogP contribution >= 0.6 is 0 Å². The molecule has 4 heteroatoms. The Labute approximate surface area is 58.3 Å². The van der Waals surface area contributed by atoms with Crippen molar-refractivity contribution in [3.63, 3.8) is 0 Å². The summed E-state index contributed by atoms with van der Waals surface area (Å²) in [5.41, 5.74) is 0. The second-order valence-corrected chi connectivity index (χ2v) is 1.69. The Balaban J connectivity index is 2.33. The van der Waals surface area contributed by atoms with E-state index < -0.39 is 12.1 Å². The molecular formula is C6H8O4. The number of carbonyl (C=O) groups is 1. The van der Waals surface area contributed by atoms with Crippen molar-refractivity contribution in [2.75, 3.05) is 6.61 Å². The van der Waals surface area contributed by atoms with Gasteiger partial charge in [-0.1, -0.05) is 0 Å². The molecule has 0 aromatic rings. The van der Waals surface area contributed by atoms with Crippen molar-refractivity contribution in [3.8, 4) is 0 Å². The van der Waals surface area contributed by atoms with Crippen molar-refractivity contribution < 1.29 is 19.3 Å². The summed E-state index contributed by atoms with van der Waals surface area (Å²) in [5, 5.41) is 0. The first-order valence-electron chi connectivity index (χ1n) is 3.00. The van der Waals surface area contributed by atoms with Gasteiger partial charge in [0.05, 0.1) is 6.61 Å². The lowest BCUT2D eigenvalue weighted by atomic mass is 10.4. The zero-order valence-electron chi connectivity index (χ0n) is 5.57. The Morgan fingerprint density at radius 3 is 3.10 bits per heavy atom. The smallest absolute Gasteiger partial charge is 0.343 e. The first-order valence-corrected chi connectivity index (χ1v) is 3.00. The molecule has 1 heterocycles. The molecule has 56 valence electrons. The van der Waals surface area contributed by atoms with Gasteiger partial charge in [0.1, 0.15) is 6.26 Å². The van der Waals surface area contributed by atoms with Crippen LogP contribution in [0.1, 0.15) is 6.92 Å². The van der Waals surface area contributed by atoms with Gasteiger partial charge in [0, 0.05) is 0 Å². The van der Waals surface area contributed by atoms with Gasteiger partial charge in [0.15, 0.2) is 0 Å². The van der Waals surface area contributed by atoms with Crippen LogP contribution in [0.2, 0.25) is 0 Å². The lowest BCUT2D eigenvalue weighted by molar-refractivity contribution is -0.254. The second-order valence-electron chi connectivity index (χ2n) is 1.69. The number of hydrogen-bond donors (Lipinski definition) is 0. The predicted molar refractivity (Wildman–Crippen MR) is 31.7 cm³/mol. The Kier molecular flexibility index (Phi) is 2.28. The molecule has 0 spiro atoms. The molecule has 4 nitrogen and oxygen atoms in total. The van der Waals surface area contributed by atoms with Gasteiger partial charge in [-0.05, 0) is 13.0 Å². The lowest BCUT2D eigenvalue weighted by Crippen LogP contribution is -2.21. The van der Waals surface area contributed by atoms with Crippen LogP contribution in [0.15, 0.2) is 12.3 Å². The molecule has 0 radical (unpaired) electrons. The summed E-state index contributed by atoms with van der Waals surface area (Å²) < 4.78 is 4.63. The summed E-state index contributed by atoms with van der Waals surface area (Å²) in [5.74, 6) is -0.420. The molecule has 0 aliphatic carbocycles. The van der Waals surface area contributed by atoms with Gasteiger partial charge in [-0.15, -0.1) is 0 Å². The van der Waals surface area contributed by atoms with Gasteiger partial charge in [0.25, 0.3) is 0 Å². The molecular weight excluding hydrogens is 136 g/mol. The van der Waals surface area contributed by atoms with Crippen LogP contribution in [0.4, 0.5) is 0 Å². The highest BCUT2D eigenvalue weighted by molar-refractivity contribution is 5.76. The number of hydrogen-bond acceptors (Lipinski definition) is 4. The monoisotopic (exact) mass is 144 g/mol. The highest BCUT2D eigenvalue weighted by atomic mass is 17.2. The van der Waals surface area contributed by atoms with Gasteiger partial charge < -0.3 is 9.62 Å². The van der Waals surface area contributed by atoms with Gasteiger partial charge in [-0.3, -0.25) is 0 Å². The molecule has 1 aliphatic rings. The largest absolute Gasteiger partial charge is 0.464 e. The van der Waals surface area contributed by atoms with Crippen LogP contribution in [0.25, 0.3) is 0 Å². The molecule has 1 unspecified atom stereocenters. The molecule has 0 aromatic carbocycles. The number of carbonyl (C=O) groups excluding carboxylic acids is 1. The van der Waals surface area contributed by atoms with Gasteiger partial charge in [-0.25, -0.2) is 4.79 Å². The molecule has 0 N–H and O–H groups in total. The minimum absolute atomic E-state index is 0.354. The number of rotatable bonds is 2. The number of ether oxygens (including phenoxy) is 1. The summed E-state index contributed by atoms with van der Waals surface area (Å²) in [4.78, 5) is 19.6. The fourth-order valence-electron chi connectivity index (χ4n) is 0.570. The minimum atomic E-state index is -0.681. The zero-order chi connectivity index (χ0) is 7.40. The Hall–Kier alpha value is -1.03. The highest BCUT2D eigenvalue weighted by Crippen LogP contribution is 2.05. The van der Waals surface area contributed by atoms with Gasteiger partial charge in [0.2, 0.25) is 6.10 Å². The van der Waals surface area contributed by atoms with Crippen LogP contribution < -0.4 is 0 Å². The zero-order valence-corrected chi connectivity index (χ0v) is 5.57. The summed E-state index contributed by atoms with van der Waals surface area (Å²) in [7, 11) is 0. The van der Waals surface area contributed by atoms with E-state index in [9.17, 15) is 4.79 Å². The van der Waals surface area contributed by atoms with Crippen molar-refractivity contribution in [3.05, 3.63) is 12.3 Å². The van der Waals surface area contributed by atoms with Crippen molar-refractivity contribution in [2.24, 2.45) is 0 Å². The average molecular weight is 144 g/mol. The van der Waals surface area contributed by atoms with Crippen LogP contribution in [0.5, 0.6) is 0 Å². The average Bonchev–Trinajstić information content (AvgIpc) is 2.38. The molecule has 0 saturated heterocycles. The highest BCUT2D eigenvalue weighted by Gasteiger charge is 2.22. The maximum absolute atomic E-state index is 10.8. The summed E-state index contributed by atoms with van der Waals surface area (Å²) in [6.45, 7) is 2.09. The van der Waals surface area contributed by atoms with Gasteiger partial charge >= 0.3 is 5.97 Å². The fraction of sp³-hybridized carbons (Fsp3) is 0.500. The van der Waals surface area contributed by atoms with E-state index in [1.165, 1.54) is 12.3 Å². The van der Waals surface area contributed by atoms with Crippen molar-refractivity contribution in [2.45, 2.75) is 13.0 Å². The second kappa shape index (κ2) is 3.22. The maximum Gasteiger partial charge on any atom is 0.343 e. The Morgan fingerprint density at radius 2 is 2.60 bits per heavy atom. The minimum Gasteiger partial charge on any atom is -0.464 e. The van der Waals surface area contributed by atoms with Crippen LogP contribution in [0.3, 0.4) is 0 Å². The SMILES string of the molecule is CCOC(=O)C1C=COO1. The summed E-state index contributed by atoms with van der Waals surface area (Å²) in [6, 6.07) is 0. The molecule has 1 rings (SSSR count). The fourth-order valence-corrected chi connectivity index (χ4v) is 0.570. The predicted octanol–water partition coefficient (Wildman–Crippen LogP) is 0.394. The van der Waals surface area contributed by atoms with E-state index in [-0.39, 0.29) is 0 Å². The Morgan fingerprint density at radius 1 is 1.80 bits per heavy atom. The van der Waals surface area contributed by atoms with Crippen molar-refractivity contribution >= 4 is 5.97 Å². The van der Waals surface area contributed by atoms with Gasteiger partial charge in [-0.2, -0.15) is 4.89 Å². The lowest BCUT2D eigenvalue weighted by Gasteiger charge is -2.03. The molecule has 0 bridgehead atoms. The van der Waals surface area contributed by atoms with E-state index in [0.717, 1.165) is 0 Å². The third-order valence-corrected chi connectivity index (χ3v) is 0.987. The molecule has 0 fully saturated rings. The normalized spacial score (nSPS) is 22.3. The Bertz CT molecular complexity index is 152. The van der Waals surface area contributed by atoms with E-state index in [4.69, 9.17) is 0 Å². The van der Waals surface area contributed by atoms with E-state index in [2.05, 4.69) is 14.5 Å². The van der Waals surface area contributed by atoms with E-state index in [1.54, 1.807) is 6.92 Å². The third kappa shape index (κ3) is 1.48. The third-order valence-electron chi connectivity index (χ3n) is 0.987. The first kappa shape index (κ1) is 7.08. The summed E-state index contributed by atoms with van der Waals surface area (Å²) in [6.07, 6.45) is 2.11. The molecule has 1 aliphatic heterocycles. The molecule has 0 saturated carbocycles. The summed E-state index contributed by atoms with van der Waals surface area (Å²) >= 11 is 0. The van der Waals surface area contributed by atoms with E-state index in [1.807, 2.05) is 0 Å². The van der Waals surface area contributed by atoms with E-state index in [0.29, 0.717) is 6.61 Å². The van der Waals surface area contributed by atoms with Crippen LogP contribution in [-0.4, -0.2) is 18.7 Å². The number of esters is 1. The van der Waals surface area contributed by atoms with Crippen molar-refractivity contribution in [1.29, 1.82) is 0 Å². The topological polar surface area (TPSA) is 44.8 Å². The maximum atomic E-state index is 10.8. The van der Waals surface area contributed by atoms with Crippen molar-refractivity contribution in [1.82, 2.24) is 0 Å². The first-order chi connectivity index (χ1) is 4.84. The molecule has 1 atom stereocenters. The standard InChI is InChI=1S/C6H8O4/c1-2-8-6(7)5-3-4-9-10-5/h3-5H,2H2,1H3. The van der Waals surface area contributed by atoms with Crippen LogP contribution in [0, 0.1) is 0 Å². The molecule has 0 aromatic heterocycles. The molecule has 0 amide bonds.